The summed E-state index contributed by atoms with van der Waals surface area (Å²) in [5.41, 5.74) is 3.00. The van der Waals surface area contributed by atoms with Gasteiger partial charge in [0.15, 0.2) is 0 Å². The molecule has 8 heteroatoms. The van der Waals surface area contributed by atoms with Crippen LogP contribution in [0.15, 0.2) is 64.7 Å². The van der Waals surface area contributed by atoms with Gasteiger partial charge in [-0.2, -0.15) is 18.6 Å². The van der Waals surface area contributed by atoms with Crippen molar-refractivity contribution in [1.29, 1.82) is 0 Å². The van der Waals surface area contributed by atoms with Crippen LogP contribution < -0.4 is 4.83 Å². The first kappa shape index (κ1) is 19.8. The average molecular weight is 400 g/mol. The molecule has 0 aliphatic heterocycles. The number of H-pyrrole nitrogens is 1. The summed E-state index contributed by atoms with van der Waals surface area (Å²) >= 11 is 0. The molecule has 0 radical (unpaired) electrons. The van der Waals surface area contributed by atoms with Crippen molar-refractivity contribution < 1.29 is 12.8 Å². The highest BCUT2D eigenvalue weighted by atomic mass is 32.2. The van der Waals surface area contributed by atoms with Gasteiger partial charge in [0.1, 0.15) is 5.82 Å². The van der Waals surface area contributed by atoms with Crippen molar-refractivity contribution in [3.8, 4) is 11.3 Å². The fourth-order valence-electron chi connectivity index (χ4n) is 2.68. The number of aromatic amines is 1. The Balaban J connectivity index is 1.70. The number of aromatic nitrogens is 2. The summed E-state index contributed by atoms with van der Waals surface area (Å²) in [4.78, 5) is 2.35. The fraction of sp³-hybridized carbons (Fsp3) is 0.200. The first-order valence-electron chi connectivity index (χ1n) is 8.92. The predicted molar refractivity (Wildman–Crippen MR) is 107 cm³/mol. The largest absolute Gasteiger partial charge is 0.277 e. The maximum Gasteiger partial charge on any atom is 0.276 e. The van der Waals surface area contributed by atoms with Gasteiger partial charge < -0.3 is 0 Å². The van der Waals surface area contributed by atoms with Crippen LogP contribution in [0.25, 0.3) is 11.3 Å². The zero-order chi connectivity index (χ0) is 20.0. The zero-order valence-electron chi connectivity index (χ0n) is 15.4. The van der Waals surface area contributed by atoms with Crippen LogP contribution in [-0.2, 0) is 16.4 Å². The van der Waals surface area contributed by atoms with E-state index in [4.69, 9.17) is 0 Å². The number of unbranched alkanes of at least 4 members (excludes halogenated alkanes) is 1. The second-order valence-electron chi connectivity index (χ2n) is 6.31. The maximum absolute atomic E-state index is 13.1. The normalized spacial score (nSPS) is 11.8. The lowest BCUT2D eigenvalue weighted by Crippen LogP contribution is -2.18. The molecule has 2 N–H and O–H groups in total. The van der Waals surface area contributed by atoms with E-state index in [0.29, 0.717) is 16.8 Å². The van der Waals surface area contributed by atoms with Crippen LogP contribution in [0.2, 0.25) is 0 Å². The van der Waals surface area contributed by atoms with Crippen LogP contribution in [0.5, 0.6) is 0 Å². The Labute approximate surface area is 163 Å². The molecule has 0 unspecified atom stereocenters. The third kappa shape index (κ3) is 4.83. The first-order chi connectivity index (χ1) is 13.5. The minimum Gasteiger partial charge on any atom is -0.277 e. The Morgan fingerprint density at radius 2 is 1.86 bits per heavy atom. The SMILES string of the molecule is CCCCc1ccc(S(=O)(=O)N/N=C\c2cn[nH]c2-c2ccc(F)cc2)cc1. The van der Waals surface area contributed by atoms with E-state index in [2.05, 4.69) is 27.1 Å². The highest BCUT2D eigenvalue weighted by molar-refractivity contribution is 7.89. The molecule has 0 amide bonds. The van der Waals surface area contributed by atoms with Crippen molar-refractivity contribution in [1.82, 2.24) is 15.0 Å². The van der Waals surface area contributed by atoms with Gasteiger partial charge in [0.25, 0.3) is 10.0 Å². The minimum atomic E-state index is -3.76. The van der Waals surface area contributed by atoms with Crippen LogP contribution in [0.1, 0.15) is 30.9 Å². The van der Waals surface area contributed by atoms with Gasteiger partial charge in [0.05, 0.1) is 23.0 Å². The quantitative estimate of drug-likeness (QED) is 0.444. The number of hydrazone groups is 1. The van der Waals surface area contributed by atoms with E-state index >= 15 is 0 Å². The summed E-state index contributed by atoms with van der Waals surface area (Å²) in [5.74, 6) is -0.341. The monoisotopic (exact) mass is 400 g/mol. The molecule has 0 saturated carbocycles. The van der Waals surface area contributed by atoms with Crippen LogP contribution in [0.4, 0.5) is 4.39 Å². The molecule has 0 bridgehead atoms. The standard InChI is InChI=1S/C20H21FN4O2S/c1-2-3-4-15-5-11-19(12-6-15)28(26,27)25-23-14-17-13-22-24-20(17)16-7-9-18(21)10-8-16/h5-14,25H,2-4H2,1H3,(H,22,24)/b23-14-. The van der Waals surface area contributed by atoms with Gasteiger partial charge in [-0.05, 0) is 54.8 Å². The lowest BCUT2D eigenvalue weighted by molar-refractivity contribution is 0.584. The van der Waals surface area contributed by atoms with Crippen LogP contribution >= 0.6 is 0 Å². The van der Waals surface area contributed by atoms with E-state index in [-0.39, 0.29) is 10.7 Å². The predicted octanol–water partition coefficient (Wildman–Crippen LogP) is 3.87. The fourth-order valence-corrected chi connectivity index (χ4v) is 3.47. The van der Waals surface area contributed by atoms with Crippen molar-refractivity contribution in [2.45, 2.75) is 31.1 Å². The zero-order valence-corrected chi connectivity index (χ0v) is 16.2. The number of hydrogen-bond donors (Lipinski definition) is 2. The number of nitrogens with zero attached hydrogens (tertiary/aromatic N) is 2. The maximum atomic E-state index is 13.1. The highest BCUT2D eigenvalue weighted by Gasteiger charge is 2.13. The van der Waals surface area contributed by atoms with Crippen LogP contribution in [-0.4, -0.2) is 24.8 Å². The number of halogens is 1. The molecule has 0 aliphatic rings. The van der Waals surface area contributed by atoms with E-state index in [9.17, 15) is 12.8 Å². The molecular formula is C20H21FN4O2S. The summed E-state index contributed by atoms with van der Waals surface area (Å²) in [5, 5.41) is 10.6. The number of rotatable bonds is 8. The van der Waals surface area contributed by atoms with Crippen molar-refractivity contribution >= 4 is 16.2 Å². The van der Waals surface area contributed by atoms with E-state index in [1.807, 2.05) is 12.1 Å². The first-order valence-corrected chi connectivity index (χ1v) is 10.4. The summed E-state index contributed by atoms with van der Waals surface area (Å²) in [6, 6.07) is 12.7. The Kier molecular flexibility index (Phi) is 6.20. The molecule has 0 fully saturated rings. The minimum absolute atomic E-state index is 0.149. The Bertz CT molecular complexity index is 1040. The van der Waals surface area contributed by atoms with Gasteiger partial charge in [0.2, 0.25) is 0 Å². The summed E-state index contributed by atoms with van der Waals surface area (Å²) in [6.45, 7) is 2.11. The average Bonchev–Trinajstić information content (AvgIpc) is 3.15. The van der Waals surface area contributed by atoms with Crippen molar-refractivity contribution in [3.63, 3.8) is 0 Å². The second kappa shape index (κ2) is 8.79. The van der Waals surface area contributed by atoms with Crippen molar-refractivity contribution in [2.75, 3.05) is 0 Å². The van der Waals surface area contributed by atoms with E-state index in [0.717, 1.165) is 24.8 Å². The van der Waals surface area contributed by atoms with Crippen LogP contribution in [0.3, 0.4) is 0 Å². The molecule has 0 spiro atoms. The van der Waals surface area contributed by atoms with Gasteiger partial charge >= 0.3 is 0 Å². The summed E-state index contributed by atoms with van der Waals surface area (Å²) in [6.07, 6.45) is 5.95. The Morgan fingerprint density at radius 3 is 2.54 bits per heavy atom. The molecule has 0 saturated heterocycles. The van der Waals surface area contributed by atoms with Crippen molar-refractivity contribution in [2.24, 2.45) is 5.10 Å². The molecule has 2 aromatic carbocycles. The molecule has 0 atom stereocenters. The number of aryl methyl sites for hydroxylation is 1. The Hall–Kier alpha value is -3.00. The molecule has 0 aliphatic carbocycles. The molecule has 3 aromatic rings. The van der Waals surface area contributed by atoms with Gasteiger partial charge in [-0.1, -0.05) is 25.5 Å². The van der Waals surface area contributed by atoms with Crippen molar-refractivity contribution in [3.05, 3.63) is 71.7 Å². The van der Waals surface area contributed by atoms with Gasteiger partial charge in [-0.3, -0.25) is 5.10 Å². The summed E-state index contributed by atoms with van der Waals surface area (Å²) in [7, 11) is -3.76. The molecule has 6 nitrogen and oxygen atoms in total. The summed E-state index contributed by atoms with van der Waals surface area (Å²) < 4.78 is 37.9. The molecular weight excluding hydrogens is 379 g/mol. The van der Waals surface area contributed by atoms with E-state index in [1.54, 1.807) is 24.3 Å². The van der Waals surface area contributed by atoms with Crippen LogP contribution in [0, 0.1) is 5.82 Å². The number of nitrogens with one attached hydrogen (secondary N) is 2. The second-order valence-corrected chi connectivity index (χ2v) is 7.97. The molecule has 1 aromatic heterocycles. The smallest absolute Gasteiger partial charge is 0.276 e. The van der Waals surface area contributed by atoms with Gasteiger partial charge in [-0.15, -0.1) is 0 Å². The van der Waals surface area contributed by atoms with Gasteiger partial charge in [-0.25, -0.2) is 9.22 Å². The molecule has 3 rings (SSSR count). The third-order valence-corrected chi connectivity index (χ3v) is 5.47. The number of sulfonamides is 1. The number of benzene rings is 2. The van der Waals surface area contributed by atoms with E-state index < -0.39 is 10.0 Å². The lowest BCUT2D eigenvalue weighted by atomic mass is 10.1. The van der Waals surface area contributed by atoms with Gasteiger partial charge in [0, 0.05) is 11.1 Å². The molecule has 28 heavy (non-hydrogen) atoms. The molecule has 146 valence electrons. The van der Waals surface area contributed by atoms with E-state index in [1.165, 1.54) is 24.5 Å². The number of hydrogen-bond acceptors (Lipinski definition) is 4. The Morgan fingerprint density at radius 1 is 1.14 bits per heavy atom. The third-order valence-electron chi connectivity index (χ3n) is 4.23. The lowest BCUT2D eigenvalue weighted by Gasteiger charge is -2.05. The topological polar surface area (TPSA) is 87.2 Å². The molecule has 1 heterocycles. The highest BCUT2D eigenvalue weighted by Crippen LogP contribution is 2.20.